The molecule has 1 heterocycles. The van der Waals surface area contributed by atoms with Crippen LogP contribution in [0.15, 0.2) is 48.7 Å². The number of methoxy groups -OCH3 is 1. The lowest BCUT2D eigenvalue weighted by molar-refractivity contribution is 0.0948. The van der Waals surface area contributed by atoms with Crippen molar-refractivity contribution < 1.29 is 9.53 Å². The fourth-order valence-electron chi connectivity index (χ4n) is 2.25. The maximum atomic E-state index is 12.2. The molecule has 122 valence electrons. The highest BCUT2D eigenvalue weighted by Gasteiger charge is 2.09. The molecule has 1 amide bonds. The molecule has 0 aliphatic rings. The van der Waals surface area contributed by atoms with Crippen LogP contribution in [0.1, 0.15) is 28.8 Å². The monoisotopic (exact) mass is 313 g/mol. The number of aromatic nitrogens is 1. The van der Waals surface area contributed by atoms with Crippen molar-refractivity contribution >= 4 is 11.7 Å². The number of unbranched alkanes of at least 4 members (excludes halogenated alkanes) is 1. The number of pyridine rings is 1. The first-order chi connectivity index (χ1) is 11.3. The minimum absolute atomic E-state index is 0.0460. The van der Waals surface area contributed by atoms with Gasteiger partial charge in [-0.2, -0.15) is 0 Å². The largest absolute Gasteiger partial charge is 0.380 e. The summed E-state index contributed by atoms with van der Waals surface area (Å²) in [5, 5.41) is 6.21. The normalized spacial score (nSPS) is 10.3. The third kappa shape index (κ3) is 5.71. The summed E-state index contributed by atoms with van der Waals surface area (Å²) in [4.78, 5) is 16.4. The van der Waals surface area contributed by atoms with Crippen molar-refractivity contribution in [3.05, 3.63) is 59.8 Å². The molecule has 0 bridgehead atoms. The van der Waals surface area contributed by atoms with Gasteiger partial charge in [0.1, 0.15) is 5.82 Å². The van der Waals surface area contributed by atoms with E-state index in [0.717, 1.165) is 30.8 Å². The van der Waals surface area contributed by atoms with Crippen molar-refractivity contribution in [2.45, 2.75) is 19.4 Å². The molecular formula is C18H23N3O2. The molecular weight excluding hydrogens is 290 g/mol. The van der Waals surface area contributed by atoms with E-state index < -0.39 is 0 Å². The topological polar surface area (TPSA) is 63.2 Å². The van der Waals surface area contributed by atoms with E-state index in [4.69, 9.17) is 4.74 Å². The maximum absolute atomic E-state index is 12.2. The van der Waals surface area contributed by atoms with Crippen molar-refractivity contribution in [1.82, 2.24) is 10.3 Å². The van der Waals surface area contributed by atoms with Gasteiger partial charge in [-0.05, 0) is 36.6 Å². The van der Waals surface area contributed by atoms with Crippen molar-refractivity contribution in [2.75, 3.05) is 25.5 Å². The molecule has 23 heavy (non-hydrogen) atoms. The first kappa shape index (κ1) is 17.0. The Hall–Kier alpha value is -2.40. The van der Waals surface area contributed by atoms with Gasteiger partial charge in [0, 0.05) is 32.0 Å². The molecule has 0 radical (unpaired) electrons. The Morgan fingerprint density at radius 3 is 2.65 bits per heavy atom. The third-order valence-corrected chi connectivity index (χ3v) is 3.42. The molecule has 0 saturated carbocycles. The van der Waals surface area contributed by atoms with Gasteiger partial charge < -0.3 is 15.4 Å². The van der Waals surface area contributed by atoms with Crippen molar-refractivity contribution in [3.63, 3.8) is 0 Å². The second kappa shape index (κ2) is 9.58. The molecule has 0 spiro atoms. The summed E-state index contributed by atoms with van der Waals surface area (Å²) in [6.45, 7) is 1.94. The number of hydrogen-bond donors (Lipinski definition) is 2. The molecule has 0 unspecified atom stereocenters. The molecule has 5 heteroatoms. The summed E-state index contributed by atoms with van der Waals surface area (Å²) < 4.78 is 5.12. The zero-order valence-corrected chi connectivity index (χ0v) is 13.4. The number of carbonyl (C=O) groups excluding carboxylic acids is 1. The van der Waals surface area contributed by atoms with E-state index >= 15 is 0 Å². The van der Waals surface area contributed by atoms with Gasteiger partial charge in [-0.3, -0.25) is 4.79 Å². The van der Waals surface area contributed by atoms with Crippen molar-refractivity contribution in [2.24, 2.45) is 0 Å². The van der Waals surface area contributed by atoms with Gasteiger partial charge >= 0.3 is 0 Å². The first-order valence-corrected chi connectivity index (χ1v) is 7.81. The van der Waals surface area contributed by atoms with E-state index in [2.05, 4.69) is 15.6 Å². The number of amides is 1. The van der Waals surface area contributed by atoms with Crippen LogP contribution in [0.5, 0.6) is 0 Å². The second-order valence-corrected chi connectivity index (χ2v) is 5.19. The number of hydrogen-bond acceptors (Lipinski definition) is 4. The highest BCUT2D eigenvalue weighted by Crippen LogP contribution is 2.09. The summed E-state index contributed by atoms with van der Waals surface area (Å²) in [6, 6.07) is 13.3. The molecule has 0 fully saturated rings. The second-order valence-electron chi connectivity index (χ2n) is 5.19. The Bertz CT molecular complexity index is 602. The number of nitrogens with zero attached hydrogens (tertiary/aromatic N) is 1. The quantitative estimate of drug-likeness (QED) is 0.699. The van der Waals surface area contributed by atoms with Crippen LogP contribution in [0.4, 0.5) is 5.82 Å². The third-order valence-electron chi connectivity index (χ3n) is 3.42. The van der Waals surface area contributed by atoms with E-state index in [1.165, 1.54) is 0 Å². The van der Waals surface area contributed by atoms with Gasteiger partial charge in [0.15, 0.2) is 0 Å². The predicted octanol–water partition coefficient (Wildman–Crippen LogP) is 2.85. The summed E-state index contributed by atoms with van der Waals surface area (Å²) in [7, 11) is 1.63. The minimum Gasteiger partial charge on any atom is -0.380 e. The van der Waals surface area contributed by atoms with Crippen LogP contribution in [0.25, 0.3) is 0 Å². The molecule has 5 nitrogen and oxygen atoms in total. The van der Waals surface area contributed by atoms with E-state index in [9.17, 15) is 4.79 Å². The van der Waals surface area contributed by atoms with Crippen LogP contribution in [0.3, 0.4) is 0 Å². The Kier molecular flexibility index (Phi) is 7.07. The Morgan fingerprint density at radius 1 is 1.09 bits per heavy atom. The van der Waals surface area contributed by atoms with E-state index in [0.29, 0.717) is 18.7 Å². The fraction of sp³-hybridized carbons (Fsp3) is 0.333. The Balaban J connectivity index is 1.67. The van der Waals surface area contributed by atoms with E-state index in [1.807, 2.05) is 42.5 Å². The van der Waals surface area contributed by atoms with E-state index in [-0.39, 0.29) is 5.91 Å². The van der Waals surface area contributed by atoms with Crippen LogP contribution >= 0.6 is 0 Å². The zero-order chi connectivity index (χ0) is 16.3. The number of benzene rings is 1. The molecule has 0 saturated heterocycles. The average molecular weight is 313 g/mol. The standard InChI is InChI=1S/C18H23N3O2/c1-23-14-15-8-2-3-9-16(15)18(22)21-13-7-6-12-20-17-10-4-5-11-19-17/h2-5,8-11H,6-7,12-14H2,1H3,(H,19,20)(H,21,22). The highest BCUT2D eigenvalue weighted by molar-refractivity contribution is 5.95. The average Bonchev–Trinajstić information content (AvgIpc) is 2.59. The summed E-state index contributed by atoms with van der Waals surface area (Å²) in [5.41, 5.74) is 1.59. The molecule has 0 atom stereocenters. The number of nitrogens with one attached hydrogen (secondary N) is 2. The molecule has 2 N–H and O–H groups in total. The summed E-state index contributed by atoms with van der Waals surface area (Å²) in [5.74, 6) is 0.834. The van der Waals surface area contributed by atoms with Crippen LogP contribution in [0.2, 0.25) is 0 Å². The van der Waals surface area contributed by atoms with Gasteiger partial charge in [-0.15, -0.1) is 0 Å². The molecule has 2 rings (SSSR count). The molecule has 1 aromatic heterocycles. The minimum atomic E-state index is -0.0460. The van der Waals surface area contributed by atoms with E-state index in [1.54, 1.807) is 13.3 Å². The van der Waals surface area contributed by atoms with Gasteiger partial charge in [0.2, 0.25) is 0 Å². The zero-order valence-electron chi connectivity index (χ0n) is 13.4. The van der Waals surface area contributed by atoms with Crippen LogP contribution in [-0.2, 0) is 11.3 Å². The van der Waals surface area contributed by atoms with Gasteiger partial charge in [-0.1, -0.05) is 24.3 Å². The summed E-state index contributed by atoms with van der Waals surface area (Å²) >= 11 is 0. The number of ether oxygens (including phenoxy) is 1. The lowest BCUT2D eigenvalue weighted by Crippen LogP contribution is -2.26. The lowest BCUT2D eigenvalue weighted by atomic mass is 10.1. The predicted molar refractivity (Wildman–Crippen MR) is 91.4 cm³/mol. The highest BCUT2D eigenvalue weighted by atomic mass is 16.5. The lowest BCUT2D eigenvalue weighted by Gasteiger charge is -2.10. The maximum Gasteiger partial charge on any atom is 0.251 e. The van der Waals surface area contributed by atoms with Crippen molar-refractivity contribution in [3.8, 4) is 0 Å². The fourth-order valence-corrected chi connectivity index (χ4v) is 2.25. The number of anilines is 1. The van der Waals surface area contributed by atoms with Crippen LogP contribution in [-0.4, -0.2) is 31.1 Å². The Labute approximate surface area is 137 Å². The SMILES string of the molecule is COCc1ccccc1C(=O)NCCCCNc1ccccn1. The van der Waals surface area contributed by atoms with Crippen LogP contribution < -0.4 is 10.6 Å². The number of rotatable bonds is 9. The molecule has 0 aliphatic heterocycles. The molecule has 1 aromatic carbocycles. The van der Waals surface area contributed by atoms with Gasteiger partial charge in [-0.25, -0.2) is 4.98 Å². The van der Waals surface area contributed by atoms with Crippen molar-refractivity contribution in [1.29, 1.82) is 0 Å². The van der Waals surface area contributed by atoms with Crippen LogP contribution in [0, 0.1) is 0 Å². The summed E-state index contributed by atoms with van der Waals surface area (Å²) in [6.07, 6.45) is 3.65. The molecule has 0 aliphatic carbocycles. The molecule has 2 aromatic rings. The first-order valence-electron chi connectivity index (χ1n) is 7.81. The van der Waals surface area contributed by atoms with Gasteiger partial charge in [0.05, 0.1) is 6.61 Å². The Morgan fingerprint density at radius 2 is 1.87 bits per heavy atom. The smallest absolute Gasteiger partial charge is 0.251 e. The number of carbonyl (C=O) groups is 1. The van der Waals surface area contributed by atoms with Gasteiger partial charge in [0.25, 0.3) is 5.91 Å².